The van der Waals surface area contributed by atoms with Gasteiger partial charge in [-0.15, -0.1) is 0 Å². The molecule has 2 aromatic rings. The van der Waals surface area contributed by atoms with E-state index in [0.717, 1.165) is 0 Å². The van der Waals surface area contributed by atoms with Crippen molar-refractivity contribution >= 4 is 17.8 Å². The van der Waals surface area contributed by atoms with E-state index in [1.54, 1.807) is 24.3 Å². The smallest absolute Gasteiger partial charge is 0.311 e. The van der Waals surface area contributed by atoms with Gasteiger partial charge in [-0.25, -0.2) is 5.43 Å². The van der Waals surface area contributed by atoms with Gasteiger partial charge in [0.2, 0.25) is 0 Å². The SMILES string of the molecule is COc1ccc(/C=N\NC(=O)c2ccc3c(c2)OCCO3)cc1[N+](=O)[O-]. The summed E-state index contributed by atoms with van der Waals surface area (Å²) >= 11 is 0. The molecule has 0 unspecified atom stereocenters. The number of amides is 1. The van der Waals surface area contributed by atoms with Crippen molar-refractivity contribution in [1.29, 1.82) is 0 Å². The highest BCUT2D eigenvalue weighted by atomic mass is 16.6. The number of hydrogen-bond donors (Lipinski definition) is 1. The molecule has 1 N–H and O–H groups in total. The number of benzene rings is 2. The van der Waals surface area contributed by atoms with Gasteiger partial charge in [-0.1, -0.05) is 0 Å². The molecule has 1 aliphatic heterocycles. The number of nitrogens with one attached hydrogen (secondary N) is 1. The molecule has 0 aliphatic carbocycles. The number of carbonyl (C=O) groups excluding carboxylic acids is 1. The molecule has 0 bridgehead atoms. The van der Waals surface area contributed by atoms with Gasteiger partial charge in [0.25, 0.3) is 5.91 Å². The Bertz CT molecular complexity index is 881. The van der Waals surface area contributed by atoms with Crippen LogP contribution in [0.5, 0.6) is 17.2 Å². The molecule has 0 atom stereocenters. The van der Waals surface area contributed by atoms with Crippen molar-refractivity contribution in [3.05, 3.63) is 57.6 Å². The predicted octanol–water partition coefficient (Wildman–Crippen LogP) is 2.14. The first-order valence-corrected chi connectivity index (χ1v) is 7.64. The van der Waals surface area contributed by atoms with E-state index in [1.807, 2.05) is 0 Å². The molecule has 0 fully saturated rings. The summed E-state index contributed by atoms with van der Waals surface area (Å²) in [4.78, 5) is 22.6. The van der Waals surface area contributed by atoms with Crippen LogP contribution in [0.1, 0.15) is 15.9 Å². The molecule has 0 saturated heterocycles. The van der Waals surface area contributed by atoms with Gasteiger partial charge in [0, 0.05) is 17.2 Å². The van der Waals surface area contributed by atoms with Crippen molar-refractivity contribution in [2.45, 2.75) is 0 Å². The van der Waals surface area contributed by atoms with Crippen molar-refractivity contribution in [1.82, 2.24) is 5.43 Å². The number of rotatable bonds is 5. The van der Waals surface area contributed by atoms with Gasteiger partial charge in [0.05, 0.1) is 18.2 Å². The Kier molecular flexibility index (Phi) is 4.97. The van der Waals surface area contributed by atoms with E-state index >= 15 is 0 Å². The number of nitro groups is 1. The predicted molar refractivity (Wildman–Crippen MR) is 92.1 cm³/mol. The van der Waals surface area contributed by atoms with E-state index in [2.05, 4.69) is 10.5 Å². The van der Waals surface area contributed by atoms with E-state index < -0.39 is 10.8 Å². The Labute approximate surface area is 148 Å². The van der Waals surface area contributed by atoms with E-state index in [-0.39, 0.29) is 11.4 Å². The van der Waals surface area contributed by atoms with Gasteiger partial charge >= 0.3 is 5.69 Å². The van der Waals surface area contributed by atoms with Crippen LogP contribution in [0.25, 0.3) is 0 Å². The van der Waals surface area contributed by atoms with Crippen LogP contribution in [0.2, 0.25) is 0 Å². The molecule has 0 saturated carbocycles. The molecule has 0 radical (unpaired) electrons. The van der Waals surface area contributed by atoms with Gasteiger partial charge in [-0.3, -0.25) is 14.9 Å². The molecular formula is C17H15N3O6. The average Bonchev–Trinajstić information content (AvgIpc) is 2.67. The Morgan fingerprint density at radius 1 is 1.23 bits per heavy atom. The molecule has 0 spiro atoms. The quantitative estimate of drug-likeness (QED) is 0.498. The summed E-state index contributed by atoms with van der Waals surface area (Å²) in [5.74, 6) is 0.786. The summed E-state index contributed by atoms with van der Waals surface area (Å²) < 4.78 is 15.8. The number of methoxy groups -OCH3 is 1. The molecule has 1 aliphatic rings. The fraction of sp³-hybridized carbons (Fsp3) is 0.176. The van der Waals surface area contributed by atoms with Crippen molar-refractivity contribution in [3.63, 3.8) is 0 Å². The van der Waals surface area contributed by atoms with Gasteiger partial charge < -0.3 is 14.2 Å². The minimum absolute atomic E-state index is 0.146. The molecule has 1 heterocycles. The molecule has 9 nitrogen and oxygen atoms in total. The maximum absolute atomic E-state index is 12.1. The zero-order valence-corrected chi connectivity index (χ0v) is 13.8. The molecule has 134 valence electrons. The number of nitro benzene ring substituents is 1. The Morgan fingerprint density at radius 2 is 2.00 bits per heavy atom. The largest absolute Gasteiger partial charge is 0.490 e. The van der Waals surface area contributed by atoms with Gasteiger partial charge in [0.1, 0.15) is 13.2 Å². The summed E-state index contributed by atoms with van der Waals surface area (Å²) in [6, 6.07) is 9.17. The second-order valence-corrected chi connectivity index (χ2v) is 5.25. The fourth-order valence-electron chi connectivity index (χ4n) is 2.34. The zero-order chi connectivity index (χ0) is 18.5. The Balaban J connectivity index is 1.69. The number of hydrogen-bond acceptors (Lipinski definition) is 7. The lowest BCUT2D eigenvalue weighted by molar-refractivity contribution is -0.385. The third-order valence-corrected chi connectivity index (χ3v) is 3.58. The van der Waals surface area contributed by atoms with Crippen LogP contribution in [0.15, 0.2) is 41.5 Å². The molecule has 0 aromatic heterocycles. The highest BCUT2D eigenvalue weighted by molar-refractivity contribution is 5.95. The first kappa shape index (κ1) is 17.2. The topological polar surface area (TPSA) is 112 Å². The van der Waals surface area contributed by atoms with Crippen LogP contribution >= 0.6 is 0 Å². The van der Waals surface area contributed by atoms with Crippen LogP contribution in [0.3, 0.4) is 0 Å². The monoisotopic (exact) mass is 357 g/mol. The summed E-state index contributed by atoms with van der Waals surface area (Å²) in [7, 11) is 1.35. The number of fused-ring (bicyclic) bond motifs is 1. The van der Waals surface area contributed by atoms with E-state index in [0.29, 0.717) is 35.8 Å². The van der Waals surface area contributed by atoms with Crippen LogP contribution in [0.4, 0.5) is 5.69 Å². The van der Waals surface area contributed by atoms with Crippen molar-refractivity contribution in [3.8, 4) is 17.2 Å². The minimum Gasteiger partial charge on any atom is -0.490 e. The van der Waals surface area contributed by atoms with Crippen molar-refractivity contribution in [2.24, 2.45) is 5.10 Å². The minimum atomic E-state index is -0.552. The maximum Gasteiger partial charge on any atom is 0.311 e. The second kappa shape index (κ2) is 7.51. The number of carbonyl (C=O) groups is 1. The highest BCUT2D eigenvalue weighted by Crippen LogP contribution is 2.30. The molecule has 1 amide bonds. The average molecular weight is 357 g/mol. The third kappa shape index (κ3) is 3.72. The Morgan fingerprint density at radius 3 is 2.73 bits per heavy atom. The molecule has 9 heteroatoms. The molecular weight excluding hydrogens is 342 g/mol. The normalized spacial score (nSPS) is 12.7. The third-order valence-electron chi connectivity index (χ3n) is 3.58. The van der Waals surface area contributed by atoms with Crippen LogP contribution in [-0.2, 0) is 0 Å². The summed E-state index contributed by atoms with van der Waals surface area (Å²) in [5.41, 5.74) is 2.98. The van der Waals surface area contributed by atoms with Crippen LogP contribution in [-0.4, -0.2) is 37.4 Å². The first-order valence-electron chi connectivity index (χ1n) is 7.64. The molecule has 3 rings (SSSR count). The maximum atomic E-state index is 12.1. The standard InChI is InChI=1S/C17H15N3O6/c1-24-14-4-2-11(8-13(14)20(22)23)10-18-19-17(21)12-3-5-15-16(9-12)26-7-6-25-15/h2-5,8-10H,6-7H2,1H3,(H,19,21)/b18-10-. The zero-order valence-electron chi connectivity index (χ0n) is 13.8. The van der Waals surface area contributed by atoms with Crippen molar-refractivity contribution < 1.29 is 23.9 Å². The number of nitrogens with zero attached hydrogens (tertiary/aromatic N) is 2. The fourth-order valence-corrected chi connectivity index (χ4v) is 2.34. The summed E-state index contributed by atoms with van der Waals surface area (Å²) in [6.07, 6.45) is 1.31. The van der Waals surface area contributed by atoms with E-state index in [4.69, 9.17) is 14.2 Å². The van der Waals surface area contributed by atoms with Crippen molar-refractivity contribution in [2.75, 3.05) is 20.3 Å². The number of ether oxygens (including phenoxy) is 3. The van der Waals surface area contributed by atoms with E-state index in [9.17, 15) is 14.9 Å². The van der Waals surface area contributed by atoms with Gasteiger partial charge in [-0.2, -0.15) is 5.10 Å². The first-order chi connectivity index (χ1) is 12.6. The molecule has 2 aromatic carbocycles. The summed E-state index contributed by atoms with van der Waals surface area (Å²) in [6.45, 7) is 0.892. The lowest BCUT2D eigenvalue weighted by Crippen LogP contribution is -2.19. The van der Waals surface area contributed by atoms with Crippen LogP contribution < -0.4 is 19.6 Å². The van der Waals surface area contributed by atoms with E-state index in [1.165, 1.54) is 25.5 Å². The summed E-state index contributed by atoms with van der Waals surface area (Å²) in [5, 5.41) is 14.8. The van der Waals surface area contributed by atoms with Gasteiger partial charge in [-0.05, 0) is 30.3 Å². The second-order valence-electron chi connectivity index (χ2n) is 5.25. The highest BCUT2D eigenvalue weighted by Gasteiger charge is 2.16. The Hall–Kier alpha value is -3.62. The molecule has 26 heavy (non-hydrogen) atoms. The lowest BCUT2D eigenvalue weighted by Gasteiger charge is -2.18. The number of hydrazone groups is 1. The lowest BCUT2D eigenvalue weighted by atomic mass is 10.2. The van der Waals surface area contributed by atoms with Gasteiger partial charge in [0.15, 0.2) is 17.2 Å². The van der Waals surface area contributed by atoms with Crippen LogP contribution in [0, 0.1) is 10.1 Å².